The van der Waals surface area contributed by atoms with E-state index >= 15 is 0 Å². The van der Waals surface area contributed by atoms with Gasteiger partial charge >= 0.3 is 0 Å². The summed E-state index contributed by atoms with van der Waals surface area (Å²) in [5.74, 6) is 0. The van der Waals surface area contributed by atoms with Gasteiger partial charge in [0.1, 0.15) is 0 Å². The molecule has 0 fully saturated rings. The number of aromatic nitrogens is 1. The fraction of sp³-hybridized carbons (Fsp3) is 0.500. The number of aryl methyl sites for hydroxylation is 2. The van der Waals surface area contributed by atoms with Gasteiger partial charge < -0.3 is 15.0 Å². The molecule has 0 amide bonds. The molecule has 1 aromatic carbocycles. The molecule has 0 aliphatic rings. The second-order valence-corrected chi connectivity index (χ2v) is 5.30. The Kier molecular flexibility index (Phi) is 4.61. The number of nitrogens with one attached hydrogen (secondary N) is 1. The Bertz CT molecular complexity index is 506. The monoisotopic (exact) mass is 260 g/mol. The predicted octanol–water partition coefficient (Wildman–Crippen LogP) is 2.74. The van der Waals surface area contributed by atoms with Crippen molar-refractivity contribution >= 4 is 10.9 Å². The van der Waals surface area contributed by atoms with E-state index in [9.17, 15) is 0 Å². The standard InChI is InChI=1S/C16H24N2O/c1-12(7-6-10-19)17-11-16-13(2)14-8-4-5-9-15(14)18(16)3/h4-5,8-9,12,17,19H,6-7,10-11H2,1-3H3. The van der Waals surface area contributed by atoms with E-state index in [0.717, 1.165) is 19.4 Å². The number of aliphatic hydroxyl groups is 1. The van der Waals surface area contributed by atoms with E-state index in [1.807, 2.05) is 0 Å². The molecule has 1 heterocycles. The highest BCUT2D eigenvalue weighted by Gasteiger charge is 2.11. The molecule has 3 heteroatoms. The van der Waals surface area contributed by atoms with E-state index in [2.05, 4.69) is 55.0 Å². The highest BCUT2D eigenvalue weighted by molar-refractivity contribution is 5.85. The Morgan fingerprint density at radius 3 is 2.74 bits per heavy atom. The topological polar surface area (TPSA) is 37.2 Å². The average molecular weight is 260 g/mol. The first-order valence-corrected chi connectivity index (χ1v) is 7.02. The molecule has 0 aliphatic heterocycles. The molecule has 1 unspecified atom stereocenters. The third-order valence-electron chi connectivity index (χ3n) is 3.92. The largest absolute Gasteiger partial charge is 0.396 e. The van der Waals surface area contributed by atoms with Crippen LogP contribution in [0.1, 0.15) is 31.0 Å². The molecular formula is C16H24N2O. The van der Waals surface area contributed by atoms with Gasteiger partial charge in [0.15, 0.2) is 0 Å². The fourth-order valence-corrected chi connectivity index (χ4v) is 2.66. The molecule has 0 aliphatic carbocycles. The van der Waals surface area contributed by atoms with Crippen LogP contribution in [0, 0.1) is 6.92 Å². The lowest BCUT2D eigenvalue weighted by atomic mass is 10.1. The van der Waals surface area contributed by atoms with E-state index < -0.39 is 0 Å². The molecule has 0 saturated heterocycles. The van der Waals surface area contributed by atoms with Crippen molar-refractivity contribution in [1.82, 2.24) is 9.88 Å². The number of benzene rings is 1. The molecule has 104 valence electrons. The Morgan fingerprint density at radius 2 is 2.05 bits per heavy atom. The second-order valence-electron chi connectivity index (χ2n) is 5.30. The number of aliphatic hydroxyl groups excluding tert-OH is 1. The molecule has 1 aromatic heterocycles. The van der Waals surface area contributed by atoms with Crippen molar-refractivity contribution in [2.75, 3.05) is 6.61 Å². The second kappa shape index (κ2) is 6.22. The molecule has 2 aromatic rings. The minimum atomic E-state index is 0.277. The number of hydrogen-bond acceptors (Lipinski definition) is 2. The smallest absolute Gasteiger partial charge is 0.0483 e. The van der Waals surface area contributed by atoms with Crippen LogP contribution < -0.4 is 5.32 Å². The zero-order chi connectivity index (χ0) is 13.8. The number of nitrogens with zero attached hydrogens (tertiary/aromatic N) is 1. The first-order valence-electron chi connectivity index (χ1n) is 7.02. The van der Waals surface area contributed by atoms with Crippen molar-refractivity contribution < 1.29 is 5.11 Å². The Hall–Kier alpha value is -1.32. The summed E-state index contributed by atoms with van der Waals surface area (Å²) in [6, 6.07) is 8.97. The molecule has 0 spiro atoms. The maximum atomic E-state index is 8.85. The van der Waals surface area contributed by atoms with Gasteiger partial charge in [-0.1, -0.05) is 18.2 Å². The van der Waals surface area contributed by atoms with Crippen molar-refractivity contribution in [2.24, 2.45) is 7.05 Å². The van der Waals surface area contributed by atoms with E-state index in [1.54, 1.807) is 0 Å². The van der Waals surface area contributed by atoms with Gasteiger partial charge in [-0.25, -0.2) is 0 Å². The van der Waals surface area contributed by atoms with Crippen molar-refractivity contribution in [1.29, 1.82) is 0 Å². The summed E-state index contributed by atoms with van der Waals surface area (Å²) in [7, 11) is 2.13. The van der Waals surface area contributed by atoms with Crippen LogP contribution in [0.15, 0.2) is 24.3 Å². The van der Waals surface area contributed by atoms with Gasteiger partial charge in [-0.2, -0.15) is 0 Å². The lowest BCUT2D eigenvalue weighted by molar-refractivity contribution is 0.276. The number of fused-ring (bicyclic) bond motifs is 1. The van der Waals surface area contributed by atoms with Crippen molar-refractivity contribution in [3.8, 4) is 0 Å². The SMILES string of the molecule is Cc1c(CNC(C)CCCO)n(C)c2ccccc12. The Balaban J connectivity index is 2.12. The zero-order valence-electron chi connectivity index (χ0n) is 12.1. The molecule has 2 N–H and O–H groups in total. The van der Waals surface area contributed by atoms with Crippen LogP contribution in [-0.2, 0) is 13.6 Å². The summed E-state index contributed by atoms with van der Waals surface area (Å²) in [5, 5.41) is 13.7. The quantitative estimate of drug-likeness (QED) is 0.838. The summed E-state index contributed by atoms with van der Waals surface area (Å²) in [6.07, 6.45) is 1.88. The average Bonchev–Trinajstić information content (AvgIpc) is 2.67. The van der Waals surface area contributed by atoms with Crippen LogP contribution in [-0.4, -0.2) is 22.3 Å². The third-order valence-corrected chi connectivity index (χ3v) is 3.92. The Morgan fingerprint density at radius 1 is 1.32 bits per heavy atom. The van der Waals surface area contributed by atoms with Crippen molar-refractivity contribution in [3.63, 3.8) is 0 Å². The summed E-state index contributed by atoms with van der Waals surface area (Å²) in [4.78, 5) is 0. The molecule has 3 nitrogen and oxygen atoms in total. The van der Waals surface area contributed by atoms with Crippen LogP contribution in [0.2, 0.25) is 0 Å². The fourth-order valence-electron chi connectivity index (χ4n) is 2.66. The van der Waals surface area contributed by atoms with Crippen LogP contribution in [0.5, 0.6) is 0 Å². The van der Waals surface area contributed by atoms with Gasteiger partial charge in [-0.05, 0) is 38.3 Å². The number of para-hydroxylation sites is 1. The number of hydrogen-bond donors (Lipinski definition) is 2. The molecule has 2 rings (SSSR count). The van der Waals surface area contributed by atoms with Gasteiger partial charge in [0.2, 0.25) is 0 Å². The first-order chi connectivity index (χ1) is 9.15. The minimum absolute atomic E-state index is 0.277. The molecule has 0 bridgehead atoms. The highest BCUT2D eigenvalue weighted by Crippen LogP contribution is 2.24. The van der Waals surface area contributed by atoms with Gasteiger partial charge in [0.25, 0.3) is 0 Å². The van der Waals surface area contributed by atoms with Gasteiger partial charge in [-0.15, -0.1) is 0 Å². The van der Waals surface area contributed by atoms with E-state index in [-0.39, 0.29) is 6.61 Å². The normalized spacial score (nSPS) is 13.1. The van der Waals surface area contributed by atoms with Crippen molar-refractivity contribution in [2.45, 2.75) is 39.3 Å². The van der Waals surface area contributed by atoms with E-state index in [1.165, 1.54) is 22.2 Å². The summed E-state index contributed by atoms with van der Waals surface area (Å²) < 4.78 is 2.27. The van der Waals surface area contributed by atoms with Crippen LogP contribution in [0.4, 0.5) is 0 Å². The lowest BCUT2D eigenvalue weighted by Gasteiger charge is -2.14. The summed E-state index contributed by atoms with van der Waals surface area (Å²) >= 11 is 0. The molecule has 0 saturated carbocycles. The summed E-state index contributed by atoms with van der Waals surface area (Å²) in [5.41, 5.74) is 4.00. The number of rotatable bonds is 6. The van der Waals surface area contributed by atoms with Crippen molar-refractivity contribution in [3.05, 3.63) is 35.5 Å². The first kappa shape index (κ1) is 14.1. The van der Waals surface area contributed by atoms with Gasteiger partial charge in [-0.3, -0.25) is 0 Å². The van der Waals surface area contributed by atoms with Crippen LogP contribution >= 0.6 is 0 Å². The third kappa shape index (κ3) is 2.99. The van der Waals surface area contributed by atoms with E-state index in [0.29, 0.717) is 6.04 Å². The summed E-state index contributed by atoms with van der Waals surface area (Å²) in [6.45, 7) is 5.52. The van der Waals surface area contributed by atoms with Gasteiger partial charge in [0.05, 0.1) is 0 Å². The predicted molar refractivity (Wildman–Crippen MR) is 80.3 cm³/mol. The molecule has 0 radical (unpaired) electrons. The lowest BCUT2D eigenvalue weighted by Crippen LogP contribution is -2.26. The maximum Gasteiger partial charge on any atom is 0.0483 e. The zero-order valence-corrected chi connectivity index (χ0v) is 12.1. The highest BCUT2D eigenvalue weighted by atomic mass is 16.2. The van der Waals surface area contributed by atoms with Gasteiger partial charge in [0, 0.05) is 42.8 Å². The molecule has 1 atom stereocenters. The molecule has 19 heavy (non-hydrogen) atoms. The van der Waals surface area contributed by atoms with Crippen LogP contribution in [0.25, 0.3) is 10.9 Å². The maximum absolute atomic E-state index is 8.85. The van der Waals surface area contributed by atoms with E-state index in [4.69, 9.17) is 5.11 Å². The van der Waals surface area contributed by atoms with Crippen LogP contribution in [0.3, 0.4) is 0 Å². The minimum Gasteiger partial charge on any atom is -0.396 e. The Labute approximate surface area is 115 Å². The molecular weight excluding hydrogens is 236 g/mol.